The first-order chi connectivity index (χ1) is 9.83. The van der Waals surface area contributed by atoms with Gasteiger partial charge in [0.25, 0.3) is 0 Å². The molecule has 0 aliphatic rings. The highest BCUT2D eigenvalue weighted by Gasteiger charge is 2.06. The highest BCUT2D eigenvalue weighted by Crippen LogP contribution is 2.09. The van der Waals surface area contributed by atoms with Gasteiger partial charge in [0.2, 0.25) is 0 Å². The van der Waals surface area contributed by atoms with Crippen molar-refractivity contribution in [2.75, 3.05) is 0 Å². The Labute approximate surface area is 119 Å². The van der Waals surface area contributed by atoms with Crippen molar-refractivity contribution in [1.82, 2.24) is 19.4 Å². The fourth-order valence-electron chi connectivity index (χ4n) is 1.67. The van der Waals surface area contributed by atoms with Crippen LogP contribution in [0.1, 0.15) is 16.1 Å². The summed E-state index contributed by atoms with van der Waals surface area (Å²) in [6.45, 7) is 0. The molecule has 1 aromatic carbocycles. The van der Waals surface area contributed by atoms with Gasteiger partial charge in [-0.2, -0.15) is 5.10 Å². The normalized spacial score (nSPS) is 11.0. The van der Waals surface area contributed by atoms with Gasteiger partial charge in [0.15, 0.2) is 5.78 Å². The average Bonchev–Trinajstić information content (AvgIpc) is 3.17. The van der Waals surface area contributed by atoms with Gasteiger partial charge < -0.3 is 0 Å². The van der Waals surface area contributed by atoms with Crippen molar-refractivity contribution in [1.29, 1.82) is 0 Å². The Bertz CT molecular complexity index is 732. The first-order valence-electron chi connectivity index (χ1n) is 5.92. The van der Waals surface area contributed by atoms with Gasteiger partial charge in [-0.25, -0.2) is 4.68 Å². The number of carbonyl (C=O) groups is 1. The van der Waals surface area contributed by atoms with Gasteiger partial charge in [-0.05, 0) is 35.8 Å². The largest absolute Gasteiger partial charge is 0.289 e. The molecular formula is C14H10N4OS. The fraction of sp³-hybridized carbons (Fsp3) is 0. The molecule has 0 saturated carbocycles. The summed E-state index contributed by atoms with van der Waals surface area (Å²) in [5.74, 6) is -0.111. The summed E-state index contributed by atoms with van der Waals surface area (Å²) < 4.78 is 5.40. The van der Waals surface area contributed by atoms with Crippen LogP contribution in [0.2, 0.25) is 0 Å². The molecule has 3 rings (SSSR count). The molecule has 0 unspecified atom stereocenters. The first-order valence-corrected chi connectivity index (χ1v) is 6.76. The molecule has 0 aliphatic carbocycles. The molecule has 0 bridgehead atoms. The number of benzene rings is 1. The van der Waals surface area contributed by atoms with Gasteiger partial charge in [-0.1, -0.05) is 22.7 Å². The average molecular weight is 282 g/mol. The van der Waals surface area contributed by atoms with Crippen LogP contribution in [-0.4, -0.2) is 25.2 Å². The minimum absolute atomic E-state index is 0.111. The van der Waals surface area contributed by atoms with Crippen LogP contribution in [0, 0.1) is 0 Å². The lowest BCUT2D eigenvalue weighted by Gasteiger charge is -1.98. The zero-order valence-electron chi connectivity index (χ0n) is 10.4. The summed E-state index contributed by atoms with van der Waals surface area (Å²) >= 11 is 1.25. The molecule has 0 atom stereocenters. The minimum Gasteiger partial charge on any atom is -0.289 e. The van der Waals surface area contributed by atoms with E-state index in [4.69, 9.17) is 0 Å². The van der Waals surface area contributed by atoms with E-state index in [1.54, 1.807) is 28.5 Å². The third-order valence-corrected chi connectivity index (χ3v) is 3.19. The van der Waals surface area contributed by atoms with Crippen LogP contribution in [0.15, 0.2) is 54.2 Å². The minimum atomic E-state index is -0.111. The van der Waals surface area contributed by atoms with E-state index < -0.39 is 0 Å². The van der Waals surface area contributed by atoms with Gasteiger partial charge in [-0.15, -0.1) is 5.10 Å². The molecule has 98 valence electrons. The van der Waals surface area contributed by atoms with Gasteiger partial charge in [0, 0.05) is 11.6 Å². The van der Waals surface area contributed by atoms with E-state index in [9.17, 15) is 4.79 Å². The SMILES string of the molecule is O=C(/C=C\c1csnn1)c1cnn(-c2ccccc2)c1. The van der Waals surface area contributed by atoms with E-state index in [0.717, 1.165) is 5.69 Å². The Kier molecular flexibility index (Phi) is 3.47. The lowest BCUT2D eigenvalue weighted by atomic mass is 10.2. The Morgan fingerprint density at radius 2 is 2.10 bits per heavy atom. The third kappa shape index (κ3) is 2.70. The Morgan fingerprint density at radius 1 is 1.25 bits per heavy atom. The lowest BCUT2D eigenvalue weighted by molar-refractivity contribution is 0.104. The Balaban J connectivity index is 1.78. The van der Waals surface area contributed by atoms with Gasteiger partial charge in [-0.3, -0.25) is 4.79 Å². The van der Waals surface area contributed by atoms with E-state index in [0.29, 0.717) is 11.3 Å². The standard InChI is InChI=1S/C14H10N4OS/c19-14(7-6-12-10-20-17-16-12)11-8-15-18(9-11)13-4-2-1-3-5-13/h1-10H/b7-6-. The second-order valence-corrected chi connectivity index (χ2v) is 4.65. The summed E-state index contributed by atoms with van der Waals surface area (Å²) in [5.41, 5.74) is 2.13. The van der Waals surface area contributed by atoms with Crippen molar-refractivity contribution in [3.8, 4) is 5.69 Å². The highest BCUT2D eigenvalue weighted by atomic mass is 32.1. The molecule has 0 fully saturated rings. The number of nitrogens with zero attached hydrogens (tertiary/aromatic N) is 4. The van der Waals surface area contributed by atoms with E-state index in [-0.39, 0.29) is 5.78 Å². The molecule has 0 spiro atoms. The third-order valence-electron chi connectivity index (χ3n) is 2.67. The van der Waals surface area contributed by atoms with Crippen molar-refractivity contribution in [2.24, 2.45) is 0 Å². The molecule has 0 aliphatic heterocycles. The van der Waals surface area contributed by atoms with Crippen LogP contribution in [0.4, 0.5) is 0 Å². The number of carbonyl (C=O) groups excluding carboxylic acids is 1. The summed E-state index contributed by atoms with van der Waals surface area (Å²) in [5, 5.41) is 9.81. The van der Waals surface area contributed by atoms with Crippen molar-refractivity contribution in [2.45, 2.75) is 0 Å². The quantitative estimate of drug-likeness (QED) is 0.545. The molecular weight excluding hydrogens is 272 g/mol. The van der Waals surface area contributed by atoms with Crippen molar-refractivity contribution < 1.29 is 4.79 Å². The predicted molar refractivity (Wildman–Crippen MR) is 76.8 cm³/mol. The molecule has 6 heteroatoms. The fourth-order valence-corrected chi connectivity index (χ4v) is 2.10. The number of para-hydroxylation sites is 1. The summed E-state index contributed by atoms with van der Waals surface area (Å²) in [6, 6.07) is 9.64. The van der Waals surface area contributed by atoms with Crippen LogP contribution in [-0.2, 0) is 0 Å². The first kappa shape index (κ1) is 12.4. The van der Waals surface area contributed by atoms with Crippen molar-refractivity contribution >= 4 is 23.4 Å². The molecule has 0 saturated heterocycles. The van der Waals surface area contributed by atoms with Crippen molar-refractivity contribution in [3.63, 3.8) is 0 Å². The molecule has 3 aromatic rings. The molecule has 0 N–H and O–H groups in total. The number of hydrogen-bond donors (Lipinski definition) is 0. The van der Waals surface area contributed by atoms with E-state index in [2.05, 4.69) is 14.7 Å². The number of aromatic nitrogens is 4. The maximum Gasteiger partial charge on any atom is 0.189 e. The van der Waals surface area contributed by atoms with Crippen molar-refractivity contribution in [3.05, 3.63) is 65.4 Å². The van der Waals surface area contributed by atoms with Crippen LogP contribution in [0.25, 0.3) is 11.8 Å². The van der Waals surface area contributed by atoms with Crippen LogP contribution in [0.3, 0.4) is 0 Å². The van der Waals surface area contributed by atoms with Gasteiger partial charge >= 0.3 is 0 Å². The van der Waals surface area contributed by atoms with Gasteiger partial charge in [0.1, 0.15) is 0 Å². The number of hydrogen-bond acceptors (Lipinski definition) is 5. The van der Waals surface area contributed by atoms with E-state index in [1.807, 2.05) is 30.3 Å². The zero-order chi connectivity index (χ0) is 13.8. The maximum atomic E-state index is 12.0. The molecule has 20 heavy (non-hydrogen) atoms. The number of allylic oxidation sites excluding steroid dienone is 1. The van der Waals surface area contributed by atoms with Crippen LogP contribution < -0.4 is 0 Å². The summed E-state index contributed by atoms with van der Waals surface area (Å²) in [4.78, 5) is 12.0. The lowest BCUT2D eigenvalue weighted by Crippen LogP contribution is -1.94. The second-order valence-electron chi connectivity index (χ2n) is 4.04. The Morgan fingerprint density at radius 3 is 2.85 bits per heavy atom. The van der Waals surface area contributed by atoms with E-state index in [1.165, 1.54) is 17.6 Å². The maximum absolute atomic E-state index is 12.0. The topological polar surface area (TPSA) is 60.7 Å². The second kappa shape index (κ2) is 5.58. The summed E-state index contributed by atoms with van der Waals surface area (Å²) in [7, 11) is 0. The summed E-state index contributed by atoms with van der Waals surface area (Å²) in [6.07, 6.45) is 6.38. The van der Waals surface area contributed by atoms with E-state index >= 15 is 0 Å². The molecule has 2 aromatic heterocycles. The molecule has 0 radical (unpaired) electrons. The van der Waals surface area contributed by atoms with Crippen LogP contribution >= 0.6 is 11.5 Å². The zero-order valence-corrected chi connectivity index (χ0v) is 11.2. The molecule has 2 heterocycles. The number of rotatable bonds is 4. The van der Waals surface area contributed by atoms with Gasteiger partial charge in [0.05, 0.1) is 23.1 Å². The van der Waals surface area contributed by atoms with Crippen LogP contribution in [0.5, 0.6) is 0 Å². The highest BCUT2D eigenvalue weighted by molar-refractivity contribution is 7.03. The number of ketones is 1. The Hall–Kier alpha value is -2.60. The predicted octanol–water partition coefficient (Wildman–Crippen LogP) is 2.62. The molecule has 0 amide bonds. The smallest absolute Gasteiger partial charge is 0.189 e. The monoisotopic (exact) mass is 282 g/mol. The molecule has 5 nitrogen and oxygen atoms in total.